The normalized spacial score (nSPS) is 19.3. The SMILES string of the molecule is O=C1CCN(c2ccc3c(ccn3C3CCc4cc(CO)ccc4C3)c2)C(=O)N1. The van der Waals surface area contributed by atoms with Crippen molar-refractivity contribution in [1.29, 1.82) is 0 Å². The number of urea groups is 1. The second kappa shape index (κ2) is 7.04. The summed E-state index contributed by atoms with van der Waals surface area (Å²) in [6.07, 6.45) is 5.50. The molecule has 0 bridgehead atoms. The number of imide groups is 1. The number of benzene rings is 2. The van der Waals surface area contributed by atoms with E-state index < -0.39 is 0 Å². The minimum Gasteiger partial charge on any atom is -0.392 e. The second-order valence-electron chi connectivity index (χ2n) is 7.88. The number of aryl methyl sites for hydroxylation is 1. The fourth-order valence-electron chi connectivity index (χ4n) is 4.57. The Labute approximate surface area is 168 Å². The van der Waals surface area contributed by atoms with Crippen molar-refractivity contribution < 1.29 is 14.7 Å². The van der Waals surface area contributed by atoms with E-state index in [4.69, 9.17) is 0 Å². The lowest BCUT2D eigenvalue weighted by atomic mass is 9.87. The zero-order valence-corrected chi connectivity index (χ0v) is 16.1. The number of nitrogens with zero attached hydrogens (tertiary/aromatic N) is 2. The van der Waals surface area contributed by atoms with Gasteiger partial charge in [-0.3, -0.25) is 15.0 Å². The molecule has 29 heavy (non-hydrogen) atoms. The van der Waals surface area contributed by atoms with Crippen molar-refractivity contribution >= 4 is 28.5 Å². The molecule has 2 aliphatic rings. The molecule has 6 nitrogen and oxygen atoms in total. The summed E-state index contributed by atoms with van der Waals surface area (Å²) in [6.45, 7) is 0.497. The number of rotatable bonds is 3. The summed E-state index contributed by atoms with van der Waals surface area (Å²) < 4.78 is 2.34. The summed E-state index contributed by atoms with van der Waals surface area (Å²) in [4.78, 5) is 25.1. The van der Waals surface area contributed by atoms with Crippen LogP contribution in [0.3, 0.4) is 0 Å². The highest BCUT2D eigenvalue weighted by Gasteiger charge is 2.25. The highest BCUT2D eigenvalue weighted by atomic mass is 16.3. The molecular weight excluding hydrogens is 366 g/mol. The summed E-state index contributed by atoms with van der Waals surface area (Å²) in [6, 6.07) is 14.5. The molecule has 148 valence electrons. The van der Waals surface area contributed by atoms with Gasteiger partial charge in [0.25, 0.3) is 0 Å². The maximum absolute atomic E-state index is 12.1. The van der Waals surface area contributed by atoms with E-state index in [0.29, 0.717) is 19.0 Å². The van der Waals surface area contributed by atoms with Gasteiger partial charge in [0.2, 0.25) is 5.91 Å². The minimum absolute atomic E-state index is 0.0878. The standard InChI is InChI=1S/C23H23N3O3/c27-14-15-1-2-17-12-19(4-3-16(17)11-15)25-9-7-18-13-20(5-6-21(18)25)26-10-8-22(28)24-23(26)29/h1-2,5-7,9,11,13,19,27H,3-4,8,10,12,14H2,(H,24,28,29). The van der Waals surface area contributed by atoms with Crippen molar-refractivity contribution in [3.8, 4) is 0 Å². The van der Waals surface area contributed by atoms with Crippen molar-refractivity contribution in [3.05, 3.63) is 65.4 Å². The third-order valence-electron chi connectivity index (χ3n) is 6.12. The van der Waals surface area contributed by atoms with E-state index in [1.54, 1.807) is 4.90 Å². The number of carbonyl (C=O) groups is 2. The third-order valence-corrected chi connectivity index (χ3v) is 6.12. The first-order chi connectivity index (χ1) is 14.1. The Bertz CT molecular complexity index is 1120. The van der Waals surface area contributed by atoms with Crippen LogP contribution >= 0.6 is 0 Å². The van der Waals surface area contributed by atoms with Gasteiger partial charge in [-0.05, 0) is 60.2 Å². The number of amides is 3. The van der Waals surface area contributed by atoms with E-state index in [2.05, 4.69) is 40.3 Å². The Kier molecular flexibility index (Phi) is 4.36. The maximum Gasteiger partial charge on any atom is 0.328 e. The molecule has 5 rings (SSSR count). The predicted molar refractivity (Wildman–Crippen MR) is 111 cm³/mol. The molecule has 1 aliphatic heterocycles. The van der Waals surface area contributed by atoms with E-state index in [1.165, 1.54) is 11.1 Å². The molecule has 3 amide bonds. The van der Waals surface area contributed by atoms with Crippen LogP contribution in [-0.2, 0) is 24.2 Å². The van der Waals surface area contributed by atoms with Crippen molar-refractivity contribution in [2.45, 2.75) is 38.3 Å². The molecule has 0 spiro atoms. The Hall–Kier alpha value is -3.12. The molecule has 0 saturated carbocycles. The molecule has 6 heteroatoms. The molecule has 2 N–H and O–H groups in total. The largest absolute Gasteiger partial charge is 0.392 e. The summed E-state index contributed by atoms with van der Waals surface area (Å²) >= 11 is 0. The first-order valence-corrected chi connectivity index (χ1v) is 10.1. The molecule has 2 aromatic carbocycles. The molecule has 0 radical (unpaired) electrons. The van der Waals surface area contributed by atoms with Crippen molar-refractivity contribution in [1.82, 2.24) is 9.88 Å². The number of anilines is 1. The van der Waals surface area contributed by atoms with Crippen molar-refractivity contribution in [2.24, 2.45) is 0 Å². The van der Waals surface area contributed by atoms with Crippen LogP contribution < -0.4 is 10.2 Å². The second-order valence-corrected chi connectivity index (χ2v) is 7.88. The van der Waals surface area contributed by atoms with Crippen LogP contribution in [0.5, 0.6) is 0 Å². The smallest absolute Gasteiger partial charge is 0.328 e. The fraction of sp³-hybridized carbons (Fsp3) is 0.304. The van der Waals surface area contributed by atoms with E-state index in [1.807, 2.05) is 18.2 Å². The average molecular weight is 389 g/mol. The van der Waals surface area contributed by atoms with E-state index in [9.17, 15) is 14.7 Å². The fourth-order valence-corrected chi connectivity index (χ4v) is 4.57. The van der Waals surface area contributed by atoms with Gasteiger partial charge in [0, 0.05) is 41.8 Å². The molecule has 1 aromatic heterocycles. The highest BCUT2D eigenvalue weighted by Crippen LogP contribution is 2.33. The lowest BCUT2D eigenvalue weighted by molar-refractivity contribution is -0.120. The summed E-state index contributed by atoms with van der Waals surface area (Å²) in [5.41, 5.74) is 5.64. The number of aliphatic hydroxyl groups excluding tert-OH is 1. The molecule has 1 atom stereocenters. The number of aliphatic hydroxyl groups is 1. The van der Waals surface area contributed by atoms with Crippen LogP contribution in [0, 0.1) is 0 Å². The Balaban J connectivity index is 1.42. The number of hydrogen-bond donors (Lipinski definition) is 2. The molecular formula is C23H23N3O3. The lowest BCUT2D eigenvalue weighted by Gasteiger charge is -2.28. The zero-order chi connectivity index (χ0) is 20.0. The van der Waals surface area contributed by atoms with Gasteiger partial charge in [-0.15, -0.1) is 0 Å². The van der Waals surface area contributed by atoms with Gasteiger partial charge in [-0.25, -0.2) is 4.79 Å². The van der Waals surface area contributed by atoms with Crippen LogP contribution in [-0.4, -0.2) is 28.2 Å². The van der Waals surface area contributed by atoms with Crippen LogP contribution in [0.15, 0.2) is 48.7 Å². The predicted octanol–water partition coefficient (Wildman–Crippen LogP) is 3.31. The third kappa shape index (κ3) is 3.19. The molecule has 1 fully saturated rings. The number of hydrogen-bond acceptors (Lipinski definition) is 3. The highest BCUT2D eigenvalue weighted by molar-refractivity contribution is 6.06. The van der Waals surface area contributed by atoms with Gasteiger partial charge < -0.3 is 9.67 Å². The van der Waals surface area contributed by atoms with E-state index in [0.717, 1.165) is 41.4 Å². The van der Waals surface area contributed by atoms with Crippen molar-refractivity contribution in [2.75, 3.05) is 11.4 Å². The number of fused-ring (bicyclic) bond motifs is 2. The summed E-state index contributed by atoms with van der Waals surface area (Å²) in [5.74, 6) is -0.220. The van der Waals surface area contributed by atoms with Gasteiger partial charge in [0.05, 0.1) is 6.61 Å². The topological polar surface area (TPSA) is 74.6 Å². The van der Waals surface area contributed by atoms with E-state index in [-0.39, 0.29) is 18.5 Å². The average Bonchev–Trinajstić information content (AvgIpc) is 3.16. The maximum atomic E-state index is 12.1. The van der Waals surface area contributed by atoms with Crippen LogP contribution in [0.25, 0.3) is 10.9 Å². The first-order valence-electron chi connectivity index (χ1n) is 10.1. The lowest BCUT2D eigenvalue weighted by Crippen LogP contribution is -2.49. The van der Waals surface area contributed by atoms with Crippen molar-refractivity contribution in [3.63, 3.8) is 0 Å². The monoisotopic (exact) mass is 389 g/mol. The number of aromatic nitrogens is 1. The van der Waals surface area contributed by atoms with Crippen LogP contribution in [0.1, 0.15) is 35.6 Å². The van der Waals surface area contributed by atoms with Gasteiger partial charge in [0.1, 0.15) is 0 Å². The Morgan fingerprint density at radius 2 is 1.93 bits per heavy atom. The Morgan fingerprint density at radius 1 is 1.03 bits per heavy atom. The van der Waals surface area contributed by atoms with Gasteiger partial charge in [-0.1, -0.05) is 18.2 Å². The van der Waals surface area contributed by atoms with Crippen LogP contribution in [0.4, 0.5) is 10.5 Å². The summed E-state index contributed by atoms with van der Waals surface area (Å²) in [7, 11) is 0. The quantitative estimate of drug-likeness (QED) is 0.722. The Morgan fingerprint density at radius 3 is 2.76 bits per heavy atom. The van der Waals surface area contributed by atoms with Gasteiger partial charge >= 0.3 is 6.03 Å². The van der Waals surface area contributed by atoms with Crippen LogP contribution in [0.2, 0.25) is 0 Å². The number of nitrogens with one attached hydrogen (secondary N) is 1. The van der Waals surface area contributed by atoms with Gasteiger partial charge in [-0.2, -0.15) is 0 Å². The first kappa shape index (κ1) is 17.9. The molecule has 1 saturated heterocycles. The summed E-state index contributed by atoms with van der Waals surface area (Å²) in [5, 5.41) is 12.8. The molecule has 1 unspecified atom stereocenters. The number of carbonyl (C=O) groups excluding carboxylic acids is 2. The molecule has 2 heterocycles. The van der Waals surface area contributed by atoms with Gasteiger partial charge in [0.15, 0.2) is 0 Å². The van der Waals surface area contributed by atoms with E-state index >= 15 is 0 Å². The minimum atomic E-state index is -0.355. The zero-order valence-electron chi connectivity index (χ0n) is 16.1. The molecule has 3 aromatic rings. The molecule has 1 aliphatic carbocycles.